The molecule has 27 heavy (non-hydrogen) atoms. The Bertz CT molecular complexity index is 829. The average molecular weight is 370 g/mol. The first-order valence-electron chi connectivity index (χ1n) is 9.10. The van der Waals surface area contributed by atoms with E-state index in [2.05, 4.69) is 11.6 Å². The van der Waals surface area contributed by atoms with Crippen LogP contribution in [0.2, 0.25) is 0 Å². The van der Waals surface area contributed by atoms with Crippen LogP contribution in [0.5, 0.6) is 6.01 Å². The third kappa shape index (κ3) is 3.68. The summed E-state index contributed by atoms with van der Waals surface area (Å²) in [6.45, 7) is 9.00. The number of hydrogen-bond acceptors (Lipinski definition) is 4. The van der Waals surface area contributed by atoms with E-state index >= 15 is 0 Å². The summed E-state index contributed by atoms with van der Waals surface area (Å²) in [6, 6.07) is 10.3. The number of benzene rings is 1. The van der Waals surface area contributed by atoms with Gasteiger partial charge in [-0.15, -0.1) is 0 Å². The quantitative estimate of drug-likeness (QED) is 0.813. The van der Waals surface area contributed by atoms with Gasteiger partial charge in [0.05, 0.1) is 18.3 Å². The number of rotatable bonds is 7. The Morgan fingerprint density at radius 3 is 2.59 bits per heavy atom. The average Bonchev–Trinajstić information content (AvgIpc) is 2.98. The number of aliphatic hydroxyl groups is 1. The van der Waals surface area contributed by atoms with Crippen molar-refractivity contribution in [1.29, 1.82) is 0 Å². The van der Waals surface area contributed by atoms with E-state index in [1.54, 1.807) is 11.9 Å². The maximum Gasteiger partial charge on any atom is 0.329 e. The molecule has 2 heterocycles. The van der Waals surface area contributed by atoms with Gasteiger partial charge in [0.1, 0.15) is 5.69 Å². The highest BCUT2D eigenvalue weighted by Crippen LogP contribution is 2.37. The Morgan fingerprint density at radius 1 is 1.26 bits per heavy atom. The maximum atomic E-state index is 12.7. The summed E-state index contributed by atoms with van der Waals surface area (Å²) in [5.41, 5.74) is 2.43. The van der Waals surface area contributed by atoms with Crippen LogP contribution >= 0.6 is 0 Å². The number of ether oxygens (including phenoxy) is 1. The third-order valence-electron chi connectivity index (χ3n) is 4.41. The molecular weight excluding hydrogens is 344 g/mol. The molecule has 1 aliphatic heterocycles. The van der Waals surface area contributed by atoms with Gasteiger partial charge >= 0.3 is 6.03 Å². The lowest BCUT2D eigenvalue weighted by Crippen LogP contribution is -2.45. The van der Waals surface area contributed by atoms with Crippen molar-refractivity contribution in [1.82, 2.24) is 14.5 Å². The molecule has 1 aromatic carbocycles. The molecule has 0 atom stereocenters. The zero-order valence-electron chi connectivity index (χ0n) is 16.1. The van der Waals surface area contributed by atoms with Crippen molar-refractivity contribution in [3.05, 3.63) is 48.2 Å². The fraction of sp³-hybridized carbons (Fsp3) is 0.400. The van der Waals surface area contributed by atoms with Gasteiger partial charge in [0, 0.05) is 20.2 Å². The predicted molar refractivity (Wildman–Crippen MR) is 105 cm³/mol. The normalized spacial score (nSPS) is 14.1. The van der Waals surface area contributed by atoms with Gasteiger partial charge in [0.15, 0.2) is 5.82 Å². The van der Waals surface area contributed by atoms with Crippen LogP contribution in [0.25, 0.3) is 5.70 Å². The Morgan fingerprint density at radius 2 is 1.96 bits per heavy atom. The number of carbonyl (C=O) groups excluding carboxylic acids is 1. The molecule has 0 spiro atoms. The molecule has 0 aliphatic carbocycles. The monoisotopic (exact) mass is 370 g/mol. The molecule has 1 N–H and O–H groups in total. The molecule has 1 aliphatic rings. The SMILES string of the molecule is C=C1c2c(nc(OC(C)C)n2Cc2ccccc2)N(C)C(=O)N1CCCO. The van der Waals surface area contributed by atoms with Gasteiger partial charge in [-0.3, -0.25) is 14.4 Å². The van der Waals surface area contributed by atoms with E-state index in [-0.39, 0.29) is 18.7 Å². The lowest BCUT2D eigenvalue weighted by atomic mass is 10.2. The largest absolute Gasteiger partial charge is 0.462 e. The van der Waals surface area contributed by atoms with E-state index in [9.17, 15) is 4.79 Å². The zero-order chi connectivity index (χ0) is 19.6. The molecule has 7 heteroatoms. The van der Waals surface area contributed by atoms with Crippen LogP contribution in [0.3, 0.4) is 0 Å². The van der Waals surface area contributed by atoms with Crippen molar-refractivity contribution in [3.8, 4) is 6.01 Å². The van der Waals surface area contributed by atoms with Crippen molar-refractivity contribution in [2.45, 2.75) is 32.9 Å². The van der Waals surface area contributed by atoms with E-state index in [0.29, 0.717) is 37.0 Å². The fourth-order valence-electron chi connectivity index (χ4n) is 3.13. The number of aliphatic hydroxyl groups excluding tert-OH is 1. The highest BCUT2D eigenvalue weighted by molar-refractivity contribution is 6.02. The van der Waals surface area contributed by atoms with Gasteiger partial charge in [-0.2, -0.15) is 4.98 Å². The molecule has 144 valence electrons. The number of hydrogen-bond donors (Lipinski definition) is 1. The highest BCUT2D eigenvalue weighted by Gasteiger charge is 2.36. The van der Waals surface area contributed by atoms with Crippen molar-refractivity contribution < 1.29 is 14.6 Å². The van der Waals surface area contributed by atoms with Crippen LogP contribution in [-0.2, 0) is 6.54 Å². The molecule has 0 fully saturated rings. The number of imidazole rings is 1. The standard InChI is InChI=1S/C20H26N4O3/c1-14(2)27-19-21-18-17(24(19)13-16-9-6-5-7-10-16)15(3)23(11-8-12-25)20(26)22(18)4/h5-7,9-10,14,25H,3,8,11-13H2,1-2,4H3. The summed E-state index contributed by atoms with van der Waals surface area (Å²) in [7, 11) is 1.69. The second-order valence-electron chi connectivity index (χ2n) is 6.82. The predicted octanol–water partition coefficient (Wildman–Crippen LogP) is 2.94. The smallest absolute Gasteiger partial charge is 0.329 e. The number of anilines is 1. The van der Waals surface area contributed by atoms with Crippen LogP contribution in [0.4, 0.5) is 10.6 Å². The van der Waals surface area contributed by atoms with Gasteiger partial charge in [0.25, 0.3) is 6.01 Å². The van der Waals surface area contributed by atoms with Gasteiger partial charge in [0.2, 0.25) is 0 Å². The molecule has 0 saturated heterocycles. The molecule has 0 radical (unpaired) electrons. The number of amides is 2. The second kappa shape index (κ2) is 7.84. The number of fused-ring (bicyclic) bond motifs is 1. The van der Waals surface area contributed by atoms with Crippen LogP contribution < -0.4 is 9.64 Å². The number of aromatic nitrogens is 2. The van der Waals surface area contributed by atoms with E-state index in [4.69, 9.17) is 9.84 Å². The first-order chi connectivity index (χ1) is 12.9. The second-order valence-corrected chi connectivity index (χ2v) is 6.82. The number of nitrogens with zero attached hydrogens (tertiary/aromatic N) is 4. The fourth-order valence-corrected chi connectivity index (χ4v) is 3.13. The van der Waals surface area contributed by atoms with Gasteiger partial charge in [-0.1, -0.05) is 36.9 Å². The molecule has 0 bridgehead atoms. The van der Waals surface area contributed by atoms with Gasteiger partial charge in [-0.05, 0) is 25.8 Å². The van der Waals surface area contributed by atoms with Gasteiger partial charge in [-0.25, -0.2) is 4.79 Å². The summed E-state index contributed by atoms with van der Waals surface area (Å²) in [4.78, 5) is 20.4. The molecule has 7 nitrogen and oxygen atoms in total. The van der Waals surface area contributed by atoms with Crippen molar-refractivity contribution in [2.75, 3.05) is 25.1 Å². The minimum Gasteiger partial charge on any atom is -0.462 e. The minimum atomic E-state index is -0.207. The van der Waals surface area contributed by atoms with Crippen LogP contribution in [0, 0.1) is 0 Å². The molecule has 0 saturated carbocycles. The molecule has 2 aromatic rings. The Balaban J connectivity index is 2.08. The van der Waals surface area contributed by atoms with Crippen molar-refractivity contribution in [2.24, 2.45) is 0 Å². The molecular formula is C20H26N4O3. The van der Waals surface area contributed by atoms with Crippen LogP contribution in [0.15, 0.2) is 36.9 Å². The molecule has 2 amide bonds. The Hall–Kier alpha value is -2.80. The lowest BCUT2D eigenvalue weighted by Gasteiger charge is -2.34. The first kappa shape index (κ1) is 19.0. The third-order valence-corrected chi connectivity index (χ3v) is 4.41. The van der Waals surface area contributed by atoms with E-state index < -0.39 is 0 Å². The van der Waals surface area contributed by atoms with E-state index in [1.165, 1.54) is 4.90 Å². The van der Waals surface area contributed by atoms with Crippen molar-refractivity contribution >= 4 is 17.5 Å². The van der Waals surface area contributed by atoms with Crippen LogP contribution in [-0.4, -0.2) is 51.9 Å². The topological polar surface area (TPSA) is 70.8 Å². The molecule has 1 aromatic heterocycles. The molecule has 3 rings (SSSR count). The molecule has 0 unspecified atom stereocenters. The summed E-state index contributed by atoms with van der Waals surface area (Å²) in [6.07, 6.45) is 0.430. The Labute approximate surface area is 159 Å². The minimum absolute atomic E-state index is 0.0125. The van der Waals surface area contributed by atoms with E-state index in [1.807, 2.05) is 48.7 Å². The van der Waals surface area contributed by atoms with Gasteiger partial charge < -0.3 is 9.84 Å². The van der Waals surface area contributed by atoms with E-state index in [0.717, 1.165) is 11.3 Å². The highest BCUT2D eigenvalue weighted by atomic mass is 16.5. The Kier molecular flexibility index (Phi) is 5.51. The van der Waals surface area contributed by atoms with Crippen LogP contribution in [0.1, 0.15) is 31.5 Å². The number of urea groups is 1. The van der Waals surface area contributed by atoms with Crippen molar-refractivity contribution in [3.63, 3.8) is 0 Å². The summed E-state index contributed by atoms with van der Waals surface area (Å²) >= 11 is 0. The summed E-state index contributed by atoms with van der Waals surface area (Å²) in [5, 5.41) is 9.16. The zero-order valence-corrected chi connectivity index (χ0v) is 16.1. The first-order valence-corrected chi connectivity index (χ1v) is 9.10. The summed E-state index contributed by atoms with van der Waals surface area (Å²) < 4.78 is 7.89. The number of carbonyl (C=O) groups is 1. The lowest BCUT2D eigenvalue weighted by molar-refractivity contribution is 0.212. The maximum absolute atomic E-state index is 12.7. The summed E-state index contributed by atoms with van der Waals surface area (Å²) in [5.74, 6) is 0.539.